The fourth-order valence-electron chi connectivity index (χ4n) is 6.44. The molecule has 6 atom stereocenters. The molecule has 186 valence electrons. The van der Waals surface area contributed by atoms with Gasteiger partial charge in [-0.1, -0.05) is 45.1 Å². The molecule has 5 aliphatic rings. The Kier molecular flexibility index (Phi) is 5.32. The van der Waals surface area contributed by atoms with Crippen LogP contribution in [-0.2, 0) is 19.8 Å². The van der Waals surface area contributed by atoms with Crippen LogP contribution < -0.4 is 10.1 Å². The predicted molar refractivity (Wildman–Crippen MR) is 136 cm³/mol. The first-order chi connectivity index (χ1) is 17.3. The van der Waals surface area contributed by atoms with Crippen molar-refractivity contribution in [2.75, 3.05) is 11.9 Å². The lowest BCUT2D eigenvalue weighted by atomic mass is 9.63. The highest BCUT2D eigenvalue weighted by Gasteiger charge is 2.67. The van der Waals surface area contributed by atoms with E-state index in [9.17, 15) is 14.4 Å². The fourth-order valence-corrected chi connectivity index (χ4v) is 6.44. The molecule has 4 aliphatic carbocycles. The number of nitrogens with one attached hydrogen (secondary N) is 1. The van der Waals surface area contributed by atoms with Crippen LogP contribution in [0, 0.1) is 35.5 Å². The Hall–Kier alpha value is -3.41. The number of hydrogen-bond donors (Lipinski definition) is 1. The molecule has 0 spiro atoms. The zero-order valence-electron chi connectivity index (χ0n) is 20.9. The summed E-state index contributed by atoms with van der Waals surface area (Å²) >= 11 is 0. The van der Waals surface area contributed by atoms with Gasteiger partial charge >= 0.3 is 0 Å². The number of benzene rings is 2. The molecule has 36 heavy (non-hydrogen) atoms. The van der Waals surface area contributed by atoms with Crippen molar-refractivity contribution in [3.8, 4) is 11.5 Å². The standard InChI is InChI=1S/C30H32N2O4/c1-4-30(2,3)17-5-9-19(10-6-17)36-20-11-7-18(8-12-20)31-25(33)16-32-28(34)26-21-13-14-22(24-15-23(21)24)27(26)29(32)35/h5-14,21-24,26-27H,4,15-16H2,1-3H3,(H,31,33)/t21-,22+,23-,24-,26+,27+/m1/s1. The summed E-state index contributed by atoms with van der Waals surface area (Å²) in [6.45, 7) is 6.39. The van der Waals surface area contributed by atoms with Crippen molar-refractivity contribution in [1.29, 1.82) is 0 Å². The molecule has 2 aromatic rings. The molecule has 6 nitrogen and oxygen atoms in total. The molecule has 0 aromatic heterocycles. The lowest BCUT2D eigenvalue weighted by Crippen LogP contribution is -2.40. The van der Waals surface area contributed by atoms with Gasteiger partial charge in [0.05, 0.1) is 11.8 Å². The minimum Gasteiger partial charge on any atom is -0.457 e. The van der Waals surface area contributed by atoms with Gasteiger partial charge in [-0.3, -0.25) is 19.3 Å². The number of anilines is 1. The van der Waals surface area contributed by atoms with Crippen LogP contribution in [0.25, 0.3) is 0 Å². The Morgan fingerprint density at radius 2 is 1.44 bits per heavy atom. The van der Waals surface area contributed by atoms with Gasteiger partial charge in [-0.2, -0.15) is 0 Å². The zero-order valence-corrected chi connectivity index (χ0v) is 20.9. The van der Waals surface area contributed by atoms with E-state index >= 15 is 0 Å². The maximum absolute atomic E-state index is 13.1. The maximum atomic E-state index is 13.1. The van der Waals surface area contributed by atoms with Crippen molar-refractivity contribution in [1.82, 2.24) is 4.90 Å². The third-order valence-corrected chi connectivity index (χ3v) is 8.95. The monoisotopic (exact) mass is 484 g/mol. The van der Waals surface area contributed by atoms with E-state index in [-0.39, 0.29) is 53.4 Å². The van der Waals surface area contributed by atoms with Crippen LogP contribution in [0.1, 0.15) is 39.2 Å². The summed E-state index contributed by atoms with van der Waals surface area (Å²) in [6.07, 6.45) is 6.46. The normalized spacial score (nSPS) is 29.7. The van der Waals surface area contributed by atoms with Gasteiger partial charge in [0, 0.05) is 5.69 Å². The highest BCUT2D eigenvalue weighted by molar-refractivity contribution is 6.09. The van der Waals surface area contributed by atoms with Gasteiger partial charge in [0.2, 0.25) is 17.7 Å². The van der Waals surface area contributed by atoms with E-state index in [4.69, 9.17) is 4.74 Å². The number of nitrogens with zero attached hydrogens (tertiary/aromatic N) is 1. The highest BCUT2D eigenvalue weighted by atomic mass is 16.5. The Bertz CT molecular complexity index is 1210. The van der Waals surface area contributed by atoms with Crippen molar-refractivity contribution in [2.45, 2.75) is 39.0 Å². The van der Waals surface area contributed by atoms with Crippen LogP contribution in [0.5, 0.6) is 11.5 Å². The minimum atomic E-state index is -0.372. The van der Waals surface area contributed by atoms with E-state index in [2.05, 4.69) is 50.4 Å². The van der Waals surface area contributed by atoms with Crippen LogP contribution in [0.3, 0.4) is 0 Å². The molecule has 2 saturated carbocycles. The molecule has 2 bridgehead atoms. The van der Waals surface area contributed by atoms with E-state index in [0.29, 0.717) is 23.3 Å². The summed E-state index contributed by atoms with van der Waals surface area (Å²) in [5.74, 6) is 1.55. The molecule has 0 unspecified atom stereocenters. The van der Waals surface area contributed by atoms with Gasteiger partial charge in [-0.15, -0.1) is 0 Å². The molecule has 1 saturated heterocycles. The van der Waals surface area contributed by atoms with Crippen LogP contribution in [0.2, 0.25) is 0 Å². The predicted octanol–water partition coefficient (Wildman–Crippen LogP) is 5.16. The first-order valence-electron chi connectivity index (χ1n) is 13.0. The number of carbonyl (C=O) groups is 3. The van der Waals surface area contributed by atoms with Gasteiger partial charge in [0.1, 0.15) is 18.0 Å². The lowest BCUT2D eigenvalue weighted by molar-refractivity contribution is -0.142. The van der Waals surface area contributed by atoms with Gasteiger partial charge in [-0.05, 0) is 83.9 Å². The second-order valence-electron chi connectivity index (χ2n) is 11.4. The van der Waals surface area contributed by atoms with Gasteiger partial charge in [-0.25, -0.2) is 0 Å². The second-order valence-corrected chi connectivity index (χ2v) is 11.4. The Morgan fingerprint density at radius 1 is 0.917 bits per heavy atom. The maximum Gasteiger partial charge on any atom is 0.244 e. The summed E-state index contributed by atoms with van der Waals surface area (Å²) < 4.78 is 5.95. The summed E-state index contributed by atoms with van der Waals surface area (Å²) in [4.78, 5) is 40.1. The van der Waals surface area contributed by atoms with Crippen LogP contribution in [0.15, 0.2) is 60.7 Å². The van der Waals surface area contributed by atoms with Crippen molar-refractivity contribution >= 4 is 23.4 Å². The highest BCUT2D eigenvalue weighted by Crippen LogP contribution is 2.65. The third-order valence-electron chi connectivity index (χ3n) is 8.95. The molecular formula is C30H32N2O4. The summed E-state index contributed by atoms with van der Waals surface area (Å²) in [6, 6.07) is 15.2. The Balaban J connectivity index is 1.06. The first-order valence-corrected chi connectivity index (χ1v) is 13.0. The number of hydrogen-bond acceptors (Lipinski definition) is 4. The number of carbonyl (C=O) groups excluding carboxylic acids is 3. The number of amides is 3. The molecule has 1 heterocycles. The number of rotatable bonds is 7. The zero-order chi connectivity index (χ0) is 25.2. The SMILES string of the molecule is CCC(C)(C)c1ccc(Oc2ccc(NC(=O)CN3C(=O)[C@H]4[C@@H]5C=C[C@@H]([C@H]6C[C@H]56)[C@@H]4C3=O)cc2)cc1. The average molecular weight is 485 g/mol. The summed E-state index contributed by atoms with van der Waals surface area (Å²) in [5.41, 5.74) is 1.98. The number of ether oxygens (including phenoxy) is 1. The molecule has 6 heteroatoms. The van der Waals surface area contributed by atoms with Crippen molar-refractivity contribution in [3.63, 3.8) is 0 Å². The second kappa shape index (κ2) is 8.32. The third kappa shape index (κ3) is 3.74. The molecule has 3 amide bonds. The topological polar surface area (TPSA) is 75.7 Å². The minimum absolute atomic E-state index is 0.123. The largest absolute Gasteiger partial charge is 0.457 e. The quantitative estimate of drug-likeness (QED) is 0.435. The molecule has 3 fully saturated rings. The van der Waals surface area contributed by atoms with Gasteiger partial charge < -0.3 is 10.1 Å². The first kappa shape index (κ1) is 23.0. The van der Waals surface area contributed by atoms with Crippen molar-refractivity contribution < 1.29 is 19.1 Å². The van der Waals surface area contributed by atoms with E-state index in [1.807, 2.05) is 12.1 Å². The van der Waals surface area contributed by atoms with Gasteiger partial charge in [0.25, 0.3) is 0 Å². The molecule has 0 radical (unpaired) electrons. The Morgan fingerprint density at radius 3 is 1.97 bits per heavy atom. The van der Waals surface area contributed by atoms with Crippen LogP contribution in [-0.4, -0.2) is 29.2 Å². The van der Waals surface area contributed by atoms with Gasteiger partial charge in [0.15, 0.2) is 0 Å². The smallest absolute Gasteiger partial charge is 0.244 e. The molecule has 1 N–H and O–H groups in total. The molecule has 1 aliphatic heterocycles. The van der Waals surface area contributed by atoms with E-state index in [0.717, 1.165) is 18.6 Å². The number of imide groups is 1. The fraction of sp³-hybridized carbons (Fsp3) is 0.433. The molecular weight excluding hydrogens is 452 g/mol. The molecule has 7 rings (SSSR count). The van der Waals surface area contributed by atoms with Crippen molar-refractivity contribution in [2.24, 2.45) is 35.5 Å². The summed E-state index contributed by atoms with van der Waals surface area (Å²) in [7, 11) is 0. The van der Waals surface area contributed by atoms with E-state index < -0.39 is 0 Å². The van der Waals surface area contributed by atoms with E-state index in [1.165, 1.54) is 10.5 Å². The number of allylic oxidation sites excluding steroid dienone is 2. The van der Waals surface area contributed by atoms with Crippen LogP contribution >= 0.6 is 0 Å². The average Bonchev–Trinajstić information content (AvgIpc) is 3.66. The lowest BCUT2D eigenvalue weighted by Gasteiger charge is -2.37. The summed E-state index contributed by atoms with van der Waals surface area (Å²) in [5, 5.41) is 2.81. The van der Waals surface area contributed by atoms with E-state index in [1.54, 1.807) is 24.3 Å². The van der Waals surface area contributed by atoms with Crippen LogP contribution in [0.4, 0.5) is 5.69 Å². The van der Waals surface area contributed by atoms with Crippen molar-refractivity contribution in [3.05, 3.63) is 66.2 Å². The molecule has 2 aromatic carbocycles. The Labute approximate surface area is 211 Å². The number of likely N-dealkylation sites (tertiary alicyclic amines) is 1.